The first kappa shape index (κ1) is 18.6. The van der Waals surface area contributed by atoms with Crippen LogP contribution in [0.3, 0.4) is 0 Å². The summed E-state index contributed by atoms with van der Waals surface area (Å²) in [7, 11) is 0. The van der Waals surface area contributed by atoms with E-state index >= 15 is 0 Å². The molecular formula is C15H9F6NO3. The molecule has 0 saturated heterocycles. The third kappa shape index (κ3) is 5.10. The van der Waals surface area contributed by atoms with Gasteiger partial charge in [0.2, 0.25) is 0 Å². The van der Waals surface area contributed by atoms with E-state index in [0.717, 1.165) is 18.2 Å². The minimum atomic E-state index is -5.05. The van der Waals surface area contributed by atoms with Gasteiger partial charge in [-0.1, -0.05) is 12.1 Å². The third-order valence-corrected chi connectivity index (χ3v) is 2.92. The number of carboxylic acids is 1. The zero-order valence-electron chi connectivity index (χ0n) is 12.1. The summed E-state index contributed by atoms with van der Waals surface area (Å²) in [4.78, 5) is 14.1. The molecule has 0 unspecified atom stereocenters. The van der Waals surface area contributed by atoms with Crippen molar-refractivity contribution in [2.24, 2.45) is 0 Å². The molecule has 0 bridgehead atoms. The number of ether oxygens (including phenoxy) is 1. The molecular weight excluding hydrogens is 356 g/mol. The number of nitrogens with zero attached hydrogens (tertiary/aromatic N) is 1. The van der Waals surface area contributed by atoms with Crippen LogP contribution in [0.5, 0.6) is 5.75 Å². The van der Waals surface area contributed by atoms with E-state index in [0.29, 0.717) is 6.07 Å². The lowest BCUT2D eigenvalue weighted by Crippen LogP contribution is -2.18. The van der Waals surface area contributed by atoms with E-state index in [1.165, 1.54) is 12.1 Å². The van der Waals surface area contributed by atoms with Crippen LogP contribution < -0.4 is 4.74 Å². The van der Waals surface area contributed by atoms with Crippen LogP contribution in [0.2, 0.25) is 0 Å². The number of carbonyl (C=O) groups is 1. The highest BCUT2D eigenvalue weighted by molar-refractivity contribution is 5.73. The molecule has 0 fully saturated rings. The van der Waals surface area contributed by atoms with Crippen LogP contribution in [0, 0.1) is 0 Å². The van der Waals surface area contributed by atoms with Gasteiger partial charge in [-0.2, -0.15) is 13.2 Å². The van der Waals surface area contributed by atoms with E-state index in [4.69, 9.17) is 5.11 Å². The van der Waals surface area contributed by atoms with Crippen molar-refractivity contribution >= 4 is 5.97 Å². The molecule has 1 aromatic carbocycles. The Labute approximate surface area is 136 Å². The minimum Gasteiger partial charge on any atom is -0.481 e. The number of hydrogen-bond acceptors (Lipinski definition) is 3. The molecule has 2 rings (SSSR count). The lowest BCUT2D eigenvalue weighted by Gasteiger charge is -2.15. The van der Waals surface area contributed by atoms with Crippen molar-refractivity contribution in [3.63, 3.8) is 0 Å². The number of alkyl halides is 6. The Bertz CT molecular complexity index is 786. The molecule has 1 heterocycles. The number of para-hydroxylation sites is 1. The van der Waals surface area contributed by atoms with Gasteiger partial charge in [0.25, 0.3) is 0 Å². The Morgan fingerprint density at radius 2 is 1.72 bits per heavy atom. The van der Waals surface area contributed by atoms with Gasteiger partial charge in [0.05, 0.1) is 12.1 Å². The van der Waals surface area contributed by atoms with Crippen LogP contribution in [0.25, 0.3) is 11.3 Å². The Hall–Kier alpha value is -2.78. The number of halogens is 6. The molecule has 10 heteroatoms. The Morgan fingerprint density at radius 1 is 1.08 bits per heavy atom. The SMILES string of the molecule is O=C(O)Cc1cc(-c2ccccc2OC(F)(F)F)nc(C(F)(F)F)c1. The second-order valence-electron chi connectivity index (χ2n) is 4.86. The second kappa shape index (κ2) is 6.61. The normalized spacial score (nSPS) is 12.1. The predicted octanol–water partition coefficient (Wildman–Crippen LogP) is 4.29. The van der Waals surface area contributed by atoms with E-state index < -0.39 is 42.1 Å². The largest absolute Gasteiger partial charge is 0.573 e. The molecule has 25 heavy (non-hydrogen) atoms. The van der Waals surface area contributed by atoms with Gasteiger partial charge < -0.3 is 9.84 Å². The van der Waals surface area contributed by atoms with Crippen molar-refractivity contribution in [2.75, 3.05) is 0 Å². The highest BCUT2D eigenvalue weighted by Crippen LogP contribution is 2.36. The van der Waals surface area contributed by atoms with Crippen LogP contribution in [0.4, 0.5) is 26.3 Å². The summed E-state index contributed by atoms with van der Waals surface area (Å²) in [6.07, 6.45) is -10.7. The lowest BCUT2D eigenvalue weighted by molar-refractivity contribution is -0.274. The van der Waals surface area contributed by atoms with E-state index in [2.05, 4.69) is 9.72 Å². The molecule has 134 valence electrons. The standard InChI is InChI=1S/C15H9F6NO3/c16-14(17,18)12-6-8(7-13(23)24)5-10(22-12)9-3-1-2-4-11(9)25-15(19,20)21/h1-6H,7H2,(H,23,24). The van der Waals surface area contributed by atoms with Crippen molar-refractivity contribution < 1.29 is 41.0 Å². The number of aromatic nitrogens is 1. The zero-order chi connectivity index (χ0) is 18.8. The van der Waals surface area contributed by atoms with Crippen LogP contribution in [-0.2, 0) is 17.4 Å². The molecule has 1 aromatic heterocycles. The molecule has 0 atom stereocenters. The van der Waals surface area contributed by atoms with E-state index in [1.807, 2.05) is 0 Å². The molecule has 0 aliphatic rings. The number of aliphatic carboxylic acids is 1. The van der Waals surface area contributed by atoms with Gasteiger partial charge >= 0.3 is 18.5 Å². The highest BCUT2D eigenvalue weighted by atomic mass is 19.4. The van der Waals surface area contributed by atoms with Gasteiger partial charge in [0.1, 0.15) is 11.4 Å². The summed E-state index contributed by atoms with van der Waals surface area (Å²) in [5.74, 6) is -2.15. The summed E-state index contributed by atoms with van der Waals surface area (Å²) in [5, 5.41) is 8.75. The lowest BCUT2D eigenvalue weighted by atomic mass is 10.0. The molecule has 0 saturated carbocycles. The van der Waals surface area contributed by atoms with Crippen molar-refractivity contribution in [3.8, 4) is 17.0 Å². The first-order valence-corrected chi connectivity index (χ1v) is 6.61. The van der Waals surface area contributed by atoms with E-state index in [1.54, 1.807) is 0 Å². The molecule has 0 spiro atoms. The number of pyridine rings is 1. The van der Waals surface area contributed by atoms with Crippen molar-refractivity contribution in [1.82, 2.24) is 4.98 Å². The number of benzene rings is 1. The average molecular weight is 365 g/mol. The summed E-state index contributed by atoms with van der Waals surface area (Å²) >= 11 is 0. The molecule has 1 N–H and O–H groups in total. The van der Waals surface area contributed by atoms with Crippen LogP contribution in [0.15, 0.2) is 36.4 Å². The molecule has 0 aliphatic carbocycles. The number of hydrogen-bond donors (Lipinski definition) is 1. The van der Waals surface area contributed by atoms with Gasteiger partial charge in [-0.25, -0.2) is 4.98 Å². The summed E-state index contributed by atoms with van der Waals surface area (Å²) in [5.41, 5.74) is -2.50. The molecule has 4 nitrogen and oxygen atoms in total. The van der Waals surface area contributed by atoms with Gasteiger partial charge in [-0.15, -0.1) is 13.2 Å². The second-order valence-corrected chi connectivity index (χ2v) is 4.86. The zero-order valence-corrected chi connectivity index (χ0v) is 12.1. The fraction of sp³-hybridized carbons (Fsp3) is 0.200. The quantitative estimate of drug-likeness (QED) is 0.821. The maximum atomic E-state index is 13.0. The van der Waals surface area contributed by atoms with Crippen molar-refractivity contribution in [1.29, 1.82) is 0 Å². The van der Waals surface area contributed by atoms with E-state index in [-0.39, 0.29) is 11.1 Å². The van der Waals surface area contributed by atoms with Gasteiger partial charge in [0, 0.05) is 5.56 Å². The maximum Gasteiger partial charge on any atom is 0.573 e. The molecule has 0 amide bonds. The summed E-state index contributed by atoms with van der Waals surface area (Å²) in [6.45, 7) is 0. The molecule has 2 aromatic rings. The summed E-state index contributed by atoms with van der Waals surface area (Å²) < 4.78 is 80.0. The highest BCUT2D eigenvalue weighted by Gasteiger charge is 2.35. The third-order valence-electron chi connectivity index (χ3n) is 2.92. The average Bonchev–Trinajstić information content (AvgIpc) is 2.44. The topological polar surface area (TPSA) is 59.4 Å². The van der Waals surface area contributed by atoms with Crippen LogP contribution >= 0.6 is 0 Å². The number of carboxylic acid groups (broad SMARTS) is 1. The fourth-order valence-electron chi connectivity index (χ4n) is 2.04. The van der Waals surface area contributed by atoms with Crippen LogP contribution in [0.1, 0.15) is 11.3 Å². The Kier molecular flexibility index (Phi) is 4.91. The fourth-order valence-corrected chi connectivity index (χ4v) is 2.04. The monoisotopic (exact) mass is 365 g/mol. The first-order valence-electron chi connectivity index (χ1n) is 6.61. The molecule has 0 aliphatic heterocycles. The Balaban J connectivity index is 2.60. The first-order chi connectivity index (χ1) is 11.5. The summed E-state index contributed by atoms with van der Waals surface area (Å²) in [6, 6.07) is 6.01. The predicted molar refractivity (Wildman–Crippen MR) is 72.7 cm³/mol. The van der Waals surface area contributed by atoms with Gasteiger partial charge in [0.15, 0.2) is 0 Å². The van der Waals surface area contributed by atoms with Gasteiger partial charge in [-0.3, -0.25) is 4.79 Å². The van der Waals surface area contributed by atoms with Crippen LogP contribution in [-0.4, -0.2) is 22.4 Å². The number of rotatable bonds is 4. The van der Waals surface area contributed by atoms with Crippen molar-refractivity contribution in [3.05, 3.63) is 47.7 Å². The van der Waals surface area contributed by atoms with Crippen molar-refractivity contribution in [2.45, 2.75) is 19.0 Å². The Morgan fingerprint density at radius 3 is 2.28 bits per heavy atom. The molecule has 0 radical (unpaired) electrons. The minimum absolute atomic E-state index is 0.258. The smallest absolute Gasteiger partial charge is 0.481 e. The maximum absolute atomic E-state index is 13.0. The van der Waals surface area contributed by atoms with E-state index in [9.17, 15) is 31.1 Å². The van der Waals surface area contributed by atoms with Gasteiger partial charge in [-0.05, 0) is 29.8 Å².